The van der Waals surface area contributed by atoms with E-state index in [9.17, 15) is 4.79 Å². The summed E-state index contributed by atoms with van der Waals surface area (Å²) in [6, 6.07) is 17.2. The van der Waals surface area contributed by atoms with E-state index in [0.29, 0.717) is 15.3 Å². The van der Waals surface area contributed by atoms with Gasteiger partial charge in [-0.05, 0) is 23.8 Å². The van der Waals surface area contributed by atoms with Gasteiger partial charge in [0.05, 0.1) is 11.6 Å². The Morgan fingerprint density at radius 2 is 1.96 bits per heavy atom. The summed E-state index contributed by atoms with van der Waals surface area (Å²) in [6.07, 6.45) is 1.83. The predicted molar refractivity (Wildman–Crippen MR) is 94.3 cm³/mol. The molecule has 0 spiro atoms. The van der Waals surface area contributed by atoms with Crippen LogP contribution in [0.4, 0.5) is 0 Å². The average molecular weight is 335 g/mol. The van der Waals surface area contributed by atoms with Crippen LogP contribution in [0.5, 0.6) is 5.75 Å². The molecule has 0 amide bonds. The molecular weight excluding hydrogens is 322 g/mol. The van der Waals surface area contributed by atoms with Gasteiger partial charge in [-0.3, -0.25) is 4.79 Å². The second-order valence-corrected chi connectivity index (χ2v) is 6.20. The molecule has 118 valence electrons. The molecule has 4 aromatic rings. The van der Waals surface area contributed by atoms with Crippen LogP contribution in [0.3, 0.4) is 0 Å². The molecule has 2 aromatic carbocycles. The third kappa shape index (κ3) is 2.57. The first-order valence-electron chi connectivity index (χ1n) is 7.35. The Bertz CT molecular complexity index is 1120. The minimum Gasteiger partial charge on any atom is -0.497 e. The van der Waals surface area contributed by atoms with E-state index < -0.39 is 0 Å². The number of aromatic nitrogens is 3. The molecule has 0 fully saturated rings. The van der Waals surface area contributed by atoms with Crippen molar-refractivity contribution >= 4 is 22.4 Å². The second-order valence-electron chi connectivity index (χ2n) is 5.19. The fourth-order valence-corrected chi connectivity index (χ4v) is 3.33. The molecule has 0 aliphatic carbocycles. The molecule has 0 aliphatic rings. The Morgan fingerprint density at radius 1 is 1.12 bits per heavy atom. The Labute approximate surface area is 141 Å². The van der Waals surface area contributed by atoms with E-state index in [1.54, 1.807) is 7.11 Å². The quantitative estimate of drug-likeness (QED) is 0.577. The van der Waals surface area contributed by atoms with Gasteiger partial charge in [-0.1, -0.05) is 53.8 Å². The monoisotopic (exact) mass is 335 g/mol. The van der Waals surface area contributed by atoms with E-state index in [0.717, 1.165) is 16.9 Å². The van der Waals surface area contributed by atoms with Crippen LogP contribution in [0, 0.1) is 0 Å². The van der Waals surface area contributed by atoms with Crippen LogP contribution in [-0.2, 0) is 0 Å². The molecule has 0 saturated carbocycles. The van der Waals surface area contributed by atoms with Crippen molar-refractivity contribution in [3.05, 3.63) is 75.0 Å². The van der Waals surface area contributed by atoms with Crippen LogP contribution in [0.25, 0.3) is 22.4 Å². The molecule has 0 aliphatic heterocycles. The van der Waals surface area contributed by atoms with E-state index in [1.165, 1.54) is 15.9 Å². The zero-order chi connectivity index (χ0) is 16.5. The van der Waals surface area contributed by atoms with E-state index in [2.05, 4.69) is 10.1 Å². The number of rotatable bonds is 3. The Hall–Kier alpha value is -2.99. The lowest BCUT2D eigenvalue weighted by Crippen LogP contribution is -2.23. The number of hydrogen-bond donors (Lipinski definition) is 0. The summed E-state index contributed by atoms with van der Waals surface area (Å²) in [5.41, 5.74) is 1.64. The SMILES string of the molecule is COc1cccc(C=c2sc3nc(-c4ccccc4)nn3c2=O)c1. The zero-order valence-electron chi connectivity index (χ0n) is 12.8. The summed E-state index contributed by atoms with van der Waals surface area (Å²) >= 11 is 1.33. The van der Waals surface area contributed by atoms with Gasteiger partial charge in [0, 0.05) is 5.56 Å². The van der Waals surface area contributed by atoms with E-state index in [4.69, 9.17) is 4.74 Å². The molecule has 4 rings (SSSR count). The molecule has 0 atom stereocenters. The lowest BCUT2D eigenvalue weighted by Gasteiger charge is -1.99. The Balaban J connectivity index is 1.81. The van der Waals surface area contributed by atoms with Crippen molar-refractivity contribution in [3.8, 4) is 17.1 Å². The number of methoxy groups -OCH3 is 1. The van der Waals surface area contributed by atoms with Gasteiger partial charge in [-0.15, -0.1) is 5.10 Å². The van der Waals surface area contributed by atoms with Gasteiger partial charge in [0.25, 0.3) is 5.56 Å². The van der Waals surface area contributed by atoms with E-state index in [1.807, 2.05) is 60.7 Å². The highest BCUT2D eigenvalue weighted by Gasteiger charge is 2.11. The zero-order valence-corrected chi connectivity index (χ0v) is 13.7. The molecule has 0 radical (unpaired) electrons. The maximum absolute atomic E-state index is 12.5. The number of benzene rings is 2. The molecule has 0 bridgehead atoms. The fourth-order valence-electron chi connectivity index (χ4n) is 2.43. The lowest BCUT2D eigenvalue weighted by molar-refractivity contribution is 0.414. The highest BCUT2D eigenvalue weighted by Crippen LogP contribution is 2.16. The van der Waals surface area contributed by atoms with Crippen LogP contribution < -0.4 is 14.8 Å². The highest BCUT2D eigenvalue weighted by atomic mass is 32.1. The van der Waals surface area contributed by atoms with Crippen molar-refractivity contribution in [2.75, 3.05) is 7.11 Å². The van der Waals surface area contributed by atoms with E-state index >= 15 is 0 Å². The standard InChI is InChI=1S/C18H13N3O2S/c1-23-14-9-5-6-12(10-14)11-15-17(22)21-18(24-15)19-16(20-21)13-7-3-2-4-8-13/h2-11H,1H3. The van der Waals surface area contributed by atoms with Crippen molar-refractivity contribution < 1.29 is 4.74 Å². The van der Waals surface area contributed by atoms with Gasteiger partial charge in [0.2, 0.25) is 4.96 Å². The molecule has 2 heterocycles. The summed E-state index contributed by atoms with van der Waals surface area (Å²) in [5, 5.41) is 4.34. The smallest absolute Gasteiger partial charge is 0.291 e. The molecular formula is C18H13N3O2S. The minimum absolute atomic E-state index is 0.160. The highest BCUT2D eigenvalue weighted by molar-refractivity contribution is 7.15. The summed E-state index contributed by atoms with van der Waals surface area (Å²) in [7, 11) is 1.62. The first-order valence-corrected chi connectivity index (χ1v) is 8.17. The van der Waals surface area contributed by atoms with Crippen molar-refractivity contribution in [1.29, 1.82) is 0 Å². The normalized spacial score (nSPS) is 12.0. The van der Waals surface area contributed by atoms with Crippen LogP contribution in [0.15, 0.2) is 59.4 Å². The van der Waals surface area contributed by atoms with E-state index in [-0.39, 0.29) is 5.56 Å². The molecule has 2 aromatic heterocycles. The average Bonchev–Trinajstić information content (AvgIpc) is 3.16. The van der Waals surface area contributed by atoms with Crippen molar-refractivity contribution in [2.45, 2.75) is 0 Å². The molecule has 0 saturated heterocycles. The largest absolute Gasteiger partial charge is 0.497 e. The third-order valence-electron chi connectivity index (χ3n) is 3.61. The van der Waals surface area contributed by atoms with Crippen LogP contribution in [0.2, 0.25) is 0 Å². The number of ether oxygens (including phenoxy) is 1. The third-order valence-corrected chi connectivity index (χ3v) is 4.56. The summed E-state index contributed by atoms with van der Waals surface area (Å²) in [4.78, 5) is 17.6. The predicted octanol–water partition coefficient (Wildman–Crippen LogP) is 2.37. The lowest BCUT2D eigenvalue weighted by atomic mass is 10.2. The van der Waals surface area contributed by atoms with Crippen LogP contribution in [-0.4, -0.2) is 21.7 Å². The van der Waals surface area contributed by atoms with Gasteiger partial charge in [-0.2, -0.15) is 9.50 Å². The molecule has 0 unspecified atom stereocenters. The van der Waals surface area contributed by atoms with Crippen molar-refractivity contribution in [2.24, 2.45) is 0 Å². The van der Waals surface area contributed by atoms with Crippen molar-refractivity contribution in [3.63, 3.8) is 0 Å². The second kappa shape index (κ2) is 5.90. The molecule has 24 heavy (non-hydrogen) atoms. The first kappa shape index (κ1) is 14.6. The topological polar surface area (TPSA) is 56.5 Å². The summed E-state index contributed by atoms with van der Waals surface area (Å²) < 4.78 is 7.16. The van der Waals surface area contributed by atoms with Gasteiger partial charge >= 0.3 is 0 Å². The van der Waals surface area contributed by atoms with Gasteiger partial charge in [0.1, 0.15) is 5.75 Å². The first-order chi connectivity index (χ1) is 11.7. The van der Waals surface area contributed by atoms with Gasteiger partial charge in [-0.25, -0.2) is 0 Å². The number of fused-ring (bicyclic) bond motifs is 1. The van der Waals surface area contributed by atoms with Gasteiger partial charge in [0.15, 0.2) is 5.82 Å². The van der Waals surface area contributed by atoms with Gasteiger partial charge < -0.3 is 4.74 Å². The Kier molecular flexibility index (Phi) is 3.59. The minimum atomic E-state index is -0.160. The number of thiazole rings is 1. The fraction of sp³-hybridized carbons (Fsp3) is 0.0556. The maximum Gasteiger partial charge on any atom is 0.291 e. The van der Waals surface area contributed by atoms with Crippen LogP contribution in [0.1, 0.15) is 5.56 Å². The number of hydrogen-bond acceptors (Lipinski definition) is 5. The number of nitrogens with zero attached hydrogens (tertiary/aromatic N) is 3. The Morgan fingerprint density at radius 3 is 2.71 bits per heavy atom. The molecule has 5 nitrogen and oxygen atoms in total. The van der Waals surface area contributed by atoms with Crippen LogP contribution >= 0.6 is 11.3 Å². The van der Waals surface area contributed by atoms with Crippen molar-refractivity contribution in [1.82, 2.24) is 14.6 Å². The molecule has 6 heteroatoms. The summed E-state index contributed by atoms with van der Waals surface area (Å²) in [6.45, 7) is 0. The molecule has 0 N–H and O–H groups in total. The summed E-state index contributed by atoms with van der Waals surface area (Å²) in [5.74, 6) is 1.31. The maximum atomic E-state index is 12.5.